The van der Waals surface area contributed by atoms with Gasteiger partial charge >= 0.3 is 6.18 Å². The Balaban J connectivity index is 0.000000517. The van der Waals surface area contributed by atoms with Gasteiger partial charge in [0, 0.05) is 12.7 Å². The molecule has 2 rings (SSSR count). The van der Waals surface area contributed by atoms with E-state index in [1.54, 1.807) is 6.08 Å². The van der Waals surface area contributed by atoms with E-state index in [0.29, 0.717) is 23.9 Å². The van der Waals surface area contributed by atoms with Crippen molar-refractivity contribution < 1.29 is 27.2 Å². The Bertz CT molecular complexity index is 970. The van der Waals surface area contributed by atoms with Crippen molar-refractivity contribution in [3.05, 3.63) is 78.7 Å². The van der Waals surface area contributed by atoms with Gasteiger partial charge in [-0.2, -0.15) is 13.2 Å². The molecule has 1 aliphatic carbocycles. The molecule has 0 aromatic carbocycles. The van der Waals surface area contributed by atoms with Crippen LogP contribution in [0.4, 0.5) is 23.4 Å². The quantitative estimate of drug-likeness (QED) is 0.342. The number of anilines is 1. The first kappa shape index (κ1) is 29.1. The van der Waals surface area contributed by atoms with E-state index in [-0.39, 0.29) is 17.8 Å². The maximum absolute atomic E-state index is 12.7. The highest BCUT2D eigenvalue weighted by Gasteiger charge is 2.32. The van der Waals surface area contributed by atoms with Gasteiger partial charge in [0.05, 0.1) is 11.5 Å². The number of imidazole rings is 1. The third-order valence-corrected chi connectivity index (χ3v) is 3.67. The number of carbonyl (C=O) groups excluding carboxylic acids is 2. The fraction of sp³-hybridized carbons (Fsp3) is 0.227. The number of nitrogens with zero attached hydrogens (tertiary/aromatic N) is 2. The van der Waals surface area contributed by atoms with Crippen LogP contribution < -0.4 is 16.8 Å². The number of hydrogen-bond donors (Lipinski definition) is 3. The van der Waals surface area contributed by atoms with E-state index >= 15 is 0 Å². The first-order valence-electron chi connectivity index (χ1n) is 9.45. The molecule has 0 aliphatic heterocycles. The summed E-state index contributed by atoms with van der Waals surface area (Å²) in [6, 6.07) is 0. The predicted octanol–water partition coefficient (Wildman–Crippen LogP) is 4.06. The molecule has 1 unspecified atom stereocenters. The minimum absolute atomic E-state index is 0.0654. The lowest BCUT2D eigenvalue weighted by atomic mass is 10.1. The Hall–Kier alpha value is -3.89. The van der Waals surface area contributed by atoms with Gasteiger partial charge in [-0.25, -0.2) is 9.37 Å². The number of primary amides is 1. The Morgan fingerprint density at radius 2 is 1.88 bits per heavy atom. The zero-order valence-electron chi connectivity index (χ0n) is 18.4. The van der Waals surface area contributed by atoms with Gasteiger partial charge in [-0.05, 0) is 44.4 Å². The molecular formula is C22H27F4N5O2. The van der Waals surface area contributed by atoms with Crippen LogP contribution in [0.2, 0.25) is 0 Å². The highest BCUT2D eigenvalue weighted by molar-refractivity contribution is 5.95. The number of allylic oxidation sites excluding steroid dienone is 10. The van der Waals surface area contributed by atoms with Gasteiger partial charge in [-0.1, -0.05) is 24.8 Å². The molecule has 180 valence electrons. The smallest absolute Gasteiger partial charge is 0.394 e. The molecular weight excluding hydrogens is 442 g/mol. The number of alkyl halides is 3. The monoisotopic (exact) mass is 469 g/mol. The molecule has 0 bridgehead atoms. The summed E-state index contributed by atoms with van der Waals surface area (Å²) in [5, 5.41) is 2.84. The maximum Gasteiger partial charge on any atom is 0.416 e. The summed E-state index contributed by atoms with van der Waals surface area (Å²) in [7, 11) is 1.88. The molecule has 1 heterocycles. The molecule has 1 aromatic heterocycles. The Morgan fingerprint density at radius 3 is 2.27 bits per heavy atom. The lowest BCUT2D eigenvalue weighted by Gasteiger charge is -2.07. The van der Waals surface area contributed by atoms with Crippen molar-refractivity contribution in [3.8, 4) is 0 Å². The van der Waals surface area contributed by atoms with Crippen LogP contribution in [0.3, 0.4) is 0 Å². The molecule has 1 aromatic rings. The van der Waals surface area contributed by atoms with Gasteiger partial charge < -0.3 is 21.6 Å². The average molecular weight is 469 g/mol. The van der Waals surface area contributed by atoms with Crippen molar-refractivity contribution in [2.45, 2.75) is 20.0 Å². The lowest BCUT2D eigenvalue weighted by Crippen LogP contribution is -2.14. The molecule has 5 N–H and O–H groups in total. The molecule has 11 heteroatoms. The van der Waals surface area contributed by atoms with Crippen molar-refractivity contribution in [1.29, 1.82) is 0 Å². The van der Waals surface area contributed by atoms with Gasteiger partial charge in [0.2, 0.25) is 0 Å². The molecule has 7 nitrogen and oxygen atoms in total. The summed E-state index contributed by atoms with van der Waals surface area (Å²) in [4.78, 5) is 24.9. The summed E-state index contributed by atoms with van der Waals surface area (Å²) in [6.45, 7) is 7.58. The molecule has 1 aliphatic rings. The SMILES string of the molecule is C/C=C/NC.C=C(/C=C\C)n1cnc(C(N)=O)c1N.O=CC1C=C(F)C=CC(C(F)(F)F)=C1. The van der Waals surface area contributed by atoms with Crippen LogP contribution in [0.1, 0.15) is 24.3 Å². The summed E-state index contributed by atoms with van der Waals surface area (Å²) >= 11 is 0. The zero-order chi connectivity index (χ0) is 25.6. The van der Waals surface area contributed by atoms with Gasteiger partial charge in [0.15, 0.2) is 5.69 Å². The zero-order valence-corrected chi connectivity index (χ0v) is 18.4. The fourth-order valence-corrected chi connectivity index (χ4v) is 2.20. The van der Waals surface area contributed by atoms with E-state index in [2.05, 4.69) is 16.9 Å². The molecule has 1 amide bonds. The Morgan fingerprint density at radius 1 is 1.24 bits per heavy atom. The van der Waals surface area contributed by atoms with Crippen LogP contribution in [-0.4, -0.2) is 35.0 Å². The molecule has 1 atom stereocenters. The van der Waals surface area contributed by atoms with Gasteiger partial charge in [0.1, 0.15) is 24.3 Å². The number of halogens is 4. The molecule has 0 radical (unpaired) electrons. The molecule has 0 fully saturated rings. The maximum atomic E-state index is 12.7. The van der Waals surface area contributed by atoms with Crippen LogP contribution >= 0.6 is 0 Å². The number of aldehydes is 1. The van der Waals surface area contributed by atoms with Crippen molar-refractivity contribution in [2.75, 3.05) is 12.8 Å². The number of rotatable bonds is 5. The van der Waals surface area contributed by atoms with E-state index in [0.717, 1.165) is 6.08 Å². The largest absolute Gasteiger partial charge is 0.416 e. The standard InChI is InChI=1S/C9H6F4O.C9H12N4O.C4H9N/c10-8-2-1-7(9(11,12)13)3-6(4-8)5-14;1-3-4-6(2)13-5-12-7(8(13)10)9(11)14;1-3-4-5-2/h1-6H;3-5H,2,10H2,1H3,(H2,11,14);3-5H,1-2H3/b;4-3-;4-3+. The summed E-state index contributed by atoms with van der Waals surface area (Å²) in [5.41, 5.74) is 10.4. The number of hydrogen-bond acceptors (Lipinski definition) is 5. The topological polar surface area (TPSA) is 116 Å². The minimum atomic E-state index is -4.56. The van der Waals surface area contributed by atoms with Crippen LogP contribution in [0, 0.1) is 5.92 Å². The Kier molecular flexibility index (Phi) is 12.5. The van der Waals surface area contributed by atoms with Gasteiger partial charge in [-0.15, -0.1) is 0 Å². The number of nitrogens with one attached hydrogen (secondary N) is 1. The fourth-order valence-electron chi connectivity index (χ4n) is 2.20. The Labute approximate surface area is 189 Å². The summed E-state index contributed by atoms with van der Waals surface area (Å²) in [5.74, 6) is -2.45. The van der Waals surface area contributed by atoms with Crippen molar-refractivity contribution in [2.24, 2.45) is 11.7 Å². The second-order valence-electron chi connectivity index (χ2n) is 6.21. The van der Waals surface area contributed by atoms with Crippen LogP contribution in [-0.2, 0) is 4.79 Å². The first-order chi connectivity index (χ1) is 15.4. The van der Waals surface area contributed by atoms with Gasteiger partial charge in [0.25, 0.3) is 5.91 Å². The molecule has 0 spiro atoms. The number of nitrogens with two attached hydrogens (primary N) is 2. The molecule has 0 saturated heterocycles. The van der Waals surface area contributed by atoms with Crippen molar-refractivity contribution in [3.63, 3.8) is 0 Å². The predicted molar refractivity (Wildman–Crippen MR) is 121 cm³/mol. The van der Waals surface area contributed by atoms with Gasteiger partial charge in [-0.3, -0.25) is 9.36 Å². The minimum Gasteiger partial charge on any atom is -0.394 e. The van der Waals surface area contributed by atoms with E-state index in [4.69, 9.17) is 11.5 Å². The van der Waals surface area contributed by atoms with E-state index in [1.807, 2.05) is 39.2 Å². The number of amides is 1. The van der Waals surface area contributed by atoms with E-state index < -0.39 is 29.4 Å². The summed E-state index contributed by atoms with van der Waals surface area (Å²) < 4.78 is 50.7. The second kappa shape index (κ2) is 14.2. The van der Waals surface area contributed by atoms with Crippen LogP contribution in [0.15, 0.2) is 73.0 Å². The lowest BCUT2D eigenvalue weighted by molar-refractivity contribution is -0.109. The van der Waals surface area contributed by atoms with Crippen molar-refractivity contribution >= 4 is 23.7 Å². The highest BCUT2D eigenvalue weighted by atomic mass is 19.4. The molecule has 0 saturated carbocycles. The average Bonchev–Trinajstić information content (AvgIpc) is 3.01. The summed E-state index contributed by atoms with van der Waals surface area (Å²) in [6.07, 6.45) is 7.28. The normalized spacial score (nSPS) is 15.4. The third-order valence-electron chi connectivity index (χ3n) is 3.67. The highest BCUT2D eigenvalue weighted by Crippen LogP contribution is 2.30. The van der Waals surface area contributed by atoms with E-state index in [1.165, 1.54) is 10.9 Å². The number of nitrogen functional groups attached to an aromatic ring is 1. The van der Waals surface area contributed by atoms with E-state index in [9.17, 15) is 27.2 Å². The first-order valence-corrected chi connectivity index (χ1v) is 9.45. The van der Waals surface area contributed by atoms with Crippen LogP contribution in [0.5, 0.6) is 0 Å². The number of carbonyl (C=O) groups is 2. The van der Waals surface area contributed by atoms with Crippen molar-refractivity contribution in [1.82, 2.24) is 14.9 Å². The molecule has 33 heavy (non-hydrogen) atoms. The number of aromatic nitrogens is 2. The van der Waals surface area contributed by atoms with Crippen LogP contribution in [0.25, 0.3) is 5.70 Å². The third kappa shape index (κ3) is 10.3. The second-order valence-corrected chi connectivity index (χ2v) is 6.21.